The van der Waals surface area contributed by atoms with E-state index in [0.717, 1.165) is 28.0 Å². The third kappa shape index (κ3) is 5.85. The number of hydrogen-bond acceptors (Lipinski definition) is 5. The highest BCUT2D eigenvalue weighted by atomic mass is 32.2. The summed E-state index contributed by atoms with van der Waals surface area (Å²) in [5.41, 5.74) is 2.17. The number of carbonyl (C=O) groups excluding carboxylic acids is 1. The van der Waals surface area contributed by atoms with Crippen molar-refractivity contribution in [2.24, 2.45) is 0 Å². The van der Waals surface area contributed by atoms with Crippen LogP contribution in [0.1, 0.15) is 52.1 Å². The van der Waals surface area contributed by atoms with E-state index in [2.05, 4.69) is 48.4 Å². The number of hydrogen-bond donors (Lipinski definition) is 1. The summed E-state index contributed by atoms with van der Waals surface area (Å²) in [5, 5.41) is 14.6. The van der Waals surface area contributed by atoms with Crippen molar-refractivity contribution < 1.29 is 9.53 Å². The summed E-state index contributed by atoms with van der Waals surface area (Å²) in [5.74, 6) is 1.69. The molecule has 0 saturated carbocycles. The molecule has 1 heterocycles. The number of aromatic nitrogens is 3. The van der Waals surface area contributed by atoms with E-state index in [-0.39, 0.29) is 23.2 Å². The molecule has 0 aliphatic carbocycles. The van der Waals surface area contributed by atoms with Gasteiger partial charge in [-0.2, -0.15) is 0 Å². The number of benzene rings is 3. The number of ether oxygens (including phenoxy) is 1. The first-order valence-corrected chi connectivity index (χ1v) is 12.9. The fraction of sp³-hybridized carbons (Fsp3) is 0.321. The summed E-state index contributed by atoms with van der Waals surface area (Å²) < 4.78 is 8.16. The topological polar surface area (TPSA) is 69.0 Å². The van der Waals surface area contributed by atoms with Crippen molar-refractivity contribution in [1.82, 2.24) is 14.8 Å². The Morgan fingerprint density at radius 3 is 2.46 bits per heavy atom. The Labute approximate surface area is 211 Å². The van der Waals surface area contributed by atoms with E-state index < -0.39 is 0 Å². The number of nitrogens with one attached hydrogen (secondary N) is 1. The third-order valence-electron chi connectivity index (χ3n) is 5.85. The molecular formula is C28H32N4O2S. The molecule has 0 saturated heterocycles. The fourth-order valence-corrected chi connectivity index (χ4v) is 4.76. The minimum Gasteiger partial charge on any atom is -0.483 e. The maximum atomic E-state index is 12.7. The number of thioether (sulfide) groups is 1. The summed E-state index contributed by atoms with van der Waals surface area (Å²) in [6.07, 6.45) is -0.276. The average molecular weight is 489 g/mol. The van der Waals surface area contributed by atoms with Gasteiger partial charge in [-0.25, -0.2) is 0 Å². The van der Waals surface area contributed by atoms with E-state index in [1.54, 1.807) is 0 Å². The zero-order chi connectivity index (χ0) is 25.0. The van der Waals surface area contributed by atoms with Crippen molar-refractivity contribution in [3.8, 4) is 5.75 Å². The van der Waals surface area contributed by atoms with Crippen molar-refractivity contribution in [3.63, 3.8) is 0 Å². The number of fused-ring (bicyclic) bond motifs is 1. The minimum atomic E-state index is -0.276. The third-order valence-corrected chi connectivity index (χ3v) is 6.82. The molecule has 1 amide bonds. The first-order valence-electron chi connectivity index (χ1n) is 11.9. The Morgan fingerprint density at radius 1 is 1.03 bits per heavy atom. The van der Waals surface area contributed by atoms with Gasteiger partial charge in [-0.05, 0) is 48.4 Å². The average Bonchev–Trinajstić information content (AvgIpc) is 3.26. The van der Waals surface area contributed by atoms with E-state index in [9.17, 15) is 4.79 Å². The number of nitrogens with zero attached hydrogens (tertiary/aromatic N) is 3. The van der Waals surface area contributed by atoms with Crippen LogP contribution < -0.4 is 10.1 Å². The van der Waals surface area contributed by atoms with Gasteiger partial charge in [-0.15, -0.1) is 10.2 Å². The van der Waals surface area contributed by atoms with Crippen molar-refractivity contribution in [2.75, 3.05) is 11.1 Å². The molecule has 1 unspecified atom stereocenters. The second kappa shape index (κ2) is 10.5. The molecule has 0 bridgehead atoms. The summed E-state index contributed by atoms with van der Waals surface area (Å²) in [6, 6.07) is 22.1. The normalized spacial score (nSPS) is 12.5. The lowest BCUT2D eigenvalue weighted by Gasteiger charge is -2.20. The highest BCUT2D eigenvalue weighted by molar-refractivity contribution is 7.99. The van der Waals surface area contributed by atoms with Crippen LogP contribution in [-0.2, 0) is 16.8 Å². The predicted octanol–water partition coefficient (Wildman–Crippen LogP) is 6.62. The summed E-state index contributed by atoms with van der Waals surface area (Å²) in [4.78, 5) is 12.7. The van der Waals surface area contributed by atoms with Gasteiger partial charge in [0.2, 0.25) is 5.91 Å². The van der Waals surface area contributed by atoms with Crippen LogP contribution in [0.3, 0.4) is 0 Å². The SMILES string of the molecule is CCn1c(SCC(=O)Nc2cccc3ccccc23)nnc1C(C)Oc1ccc(C(C)(C)C)cc1. The lowest BCUT2D eigenvalue weighted by atomic mass is 9.87. The number of amides is 1. The highest BCUT2D eigenvalue weighted by Crippen LogP contribution is 2.28. The van der Waals surface area contributed by atoms with E-state index in [1.165, 1.54) is 17.3 Å². The molecule has 1 N–H and O–H groups in total. The molecule has 7 heteroatoms. The summed E-state index contributed by atoms with van der Waals surface area (Å²) >= 11 is 1.38. The maximum absolute atomic E-state index is 12.7. The molecule has 4 rings (SSSR count). The monoisotopic (exact) mass is 488 g/mol. The first kappa shape index (κ1) is 24.8. The van der Waals surface area contributed by atoms with E-state index >= 15 is 0 Å². The van der Waals surface area contributed by atoms with Crippen molar-refractivity contribution in [1.29, 1.82) is 0 Å². The highest BCUT2D eigenvalue weighted by Gasteiger charge is 2.20. The lowest BCUT2D eigenvalue weighted by Crippen LogP contribution is -2.15. The van der Waals surface area contributed by atoms with Gasteiger partial charge in [0.1, 0.15) is 5.75 Å². The number of rotatable bonds is 8. The Bertz CT molecular complexity index is 1300. The van der Waals surface area contributed by atoms with Crippen LogP contribution in [0.15, 0.2) is 71.9 Å². The van der Waals surface area contributed by atoms with Gasteiger partial charge in [-0.3, -0.25) is 4.79 Å². The van der Waals surface area contributed by atoms with Gasteiger partial charge in [0, 0.05) is 17.6 Å². The van der Waals surface area contributed by atoms with Crippen molar-refractivity contribution in [3.05, 3.63) is 78.1 Å². The molecular weight excluding hydrogens is 456 g/mol. The minimum absolute atomic E-state index is 0.0817. The van der Waals surface area contributed by atoms with Crippen LogP contribution in [0.5, 0.6) is 5.75 Å². The summed E-state index contributed by atoms with van der Waals surface area (Å²) in [6.45, 7) is 11.3. The van der Waals surface area contributed by atoms with E-state index in [1.807, 2.05) is 73.0 Å². The quantitative estimate of drug-likeness (QED) is 0.282. The first-order chi connectivity index (χ1) is 16.8. The van der Waals surface area contributed by atoms with Crippen LogP contribution in [0, 0.1) is 0 Å². The van der Waals surface area contributed by atoms with Crippen LogP contribution >= 0.6 is 11.8 Å². The molecule has 0 aliphatic rings. The number of anilines is 1. The fourth-order valence-electron chi connectivity index (χ4n) is 3.95. The van der Waals surface area contributed by atoms with Gasteiger partial charge in [0.15, 0.2) is 17.1 Å². The van der Waals surface area contributed by atoms with Crippen molar-refractivity contribution in [2.45, 2.75) is 57.8 Å². The maximum Gasteiger partial charge on any atom is 0.234 e. The smallest absolute Gasteiger partial charge is 0.234 e. The van der Waals surface area contributed by atoms with Crippen molar-refractivity contribution >= 4 is 34.1 Å². The second-order valence-electron chi connectivity index (χ2n) is 9.48. The molecule has 6 nitrogen and oxygen atoms in total. The standard InChI is InChI=1S/C28H32N4O2S/c1-6-32-26(19(2)34-22-16-14-21(15-17-22)28(3,4)5)30-31-27(32)35-18-25(33)29-24-13-9-11-20-10-7-8-12-23(20)24/h7-17,19H,6,18H2,1-5H3,(H,29,33). The zero-order valence-corrected chi connectivity index (χ0v) is 21.7. The molecule has 1 atom stereocenters. The van der Waals surface area contributed by atoms with E-state index in [0.29, 0.717) is 11.7 Å². The van der Waals surface area contributed by atoms with Crippen LogP contribution in [-0.4, -0.2) is 26.4 Å². The Balaban J connectivity index is 1.40. The van der Waals surface area contributed by atoms with Gasteiger partial charge in [0.05, 0.1) is 5.75 Å². The van der Waals surface area contributed by atoms with Gasteiger partial charge >= 0.3 is 0 Å². The molecule has 4 aromatic rings. The van der Waals surface area contributed by atoms with E-state index in [4.69, 9.17) is 4.74 Å². The Morgan fingerprint density at radius 2 is 1.74 bits per heavy atom. The lowest BCUT2D eigenvalue weighted by molar-refractivity contribution is -0.113. The number of carbonyl (C=O) groups is 1. The largest absolute Gasteiger partial charge is 0.483 e. The van der Waals surface area contributed by atoms with Gasteiger partial charge in [-0.1, -0.05) is 81.1 Å². The molecule has 0 aliphatic heterocycles. The van der Waals surface area contributed by atoms with Gasteiger partial charge in [0.25, 0.3) is 0 Å². The molecule has 0 spiro atoms. The molecule has 0 fully saturated rings. The predicted molar refractivity (Wildman–Crippen MR) is 143 cm³/mol. The second-order valence-corrected chi connectivity index (χ2v) is 10.4. The molecule has 1 aromatic heterocycles. The molecule has 3 aromatic carbocycles. The van der Waals surface area contributed by atoms with Gasteiger partial charge < -0.3 is 14.6 Å². The Kier molecular flexibility index (Phi) is 7.45. The Hall–Kier alpha value is -3.32. The molecule has 0 radical (unpaired) electrons. The van der Waals surface area contributed by atoms with Crippen LogP contribution in [0.25, 0.3) is 10.8 Å². The molecule has 182 valence electrons. The van der Waals surface area contributed by atoms with Crippen LogP contribution in [0.4, 0.5) is 5.69 Å². The zero-order valence-electron chi connectivity index (χ0n) is 20.9. The van der Waals surface area contributed by atoms with Crippen LogP contribution in [0.2, 0.25) is 0 Å². The summed E-state index contributed by atoms with van der Waals surface area (Å²) in [7, 11) is 0. The molecule has 35 heavy (non-hydrogen) atoms.